The summed E-state index contributed by atoms with van der Waals surface area (Å²) in [7, 11) is 0. The zero-order chi connectivity index (χ0) is 70.5. The Bertz CT molecular complexity index is 3300. The molecule has 0 aliphatic rings. The minimum absolute atomic E-state index is 1.22. The molecule has 0 atom stereocenters. The summed E-state index contributed by atoms with van der Waals surface area (Å²) >= 11 is 11.5. The first kappa shape index (κ1) is 79.4. The summed E-state index contributed by atoms with van der Waals surface area (Å²) in [5.74, 6) is 0. The summed E-state index contributed by atoms with van der Waals surface area (Å²) in [6, 6.07) is 134. The SMILES string of the molecule is CCCCCP(I)(c1ccccc1)(c1ccccc1)c1ccccc1.CCCCCP(I)(c1ccccc1)(c1ccccc1)c1ccccc1.CCCCCP(I)(c1ccccc1)(c1ccccc1)c1ccccc1.CCCCCP(I)(c1ccccc1)(c1ccccc1)c1ccccc1. The van der Waals surface area contributed by atoms with E-state index in [1.165, 1.54) is 165 Å². The van der Waals surface area contributed by atoms with E-state index in [2.05, 4.69) is 480 Å². The molecule has 12 rings (SSSR count). The van der Waals surface area contributed by atoms with Crippen molar-refractivity contribution in [2.45, 2.75) is 105 Å². The van der Waals surface area contributed by atoms with Crippen LogP contribution in [0.4, 0.5) is 0 Å². The maximum atomic E-state index is 2.88. The predicted molar refractivity (Wildman–Crippen MR) is 494 cm³/mol. The van der Waals surface area contributed by atoms with Gasteiger partial charge in [-0.15, -0.1) is 0 Å². The van der Waals surface area contributed by atoms with Crippen molar-refractivity contribution in [1.82, 2.24) is 0 Å². The molecule has 100 heavy (non-hydrogen) atoms. The molecule has 12 aromatic carbocycles. The second kappa shape index (κ2) is 37.8. The first-order valence-electron chi connectivity index (χ1n) is 36.4. The summed E-state index contributed by atoms with van der Waals surface area (Å²) in [6.07, 6.45) is 20.1. The van der Waals surface area contributed by atoms with Gasteiger partial charge in [0, 0.05) is 0 Å². The molecule has 0 amide bonds. The third-order valence-electron chi connectivity index (χ3n) is 20.3. The number of rotatable bonds is 28. The van der Waals surface area contributed by atoms with Gasteiger partial charge in [0.05, 0.1) is 0 Å². The molecule has 0 unspecified atom stereocenters. The van der Waals surface area contributed by atoms with E-state index in [0.29, 0.717) is 0 Å². The summed E-state index contributed by atoms with van der Waals surface area (Å²) in [5, 5.41) is 17.9. The fraction of sp³-hybridized carbons (Fsp3) is 0.217. The second-order valence-corrected chi connectivity index (χ2v) is 69.5. The standard InChI is InChI=1S/4C23H26IP/c4*1-2-3-13-20-25(24,21-14-7-4-8-15-21,22-16-9-5-10-17-22)23-18-11-6-12-19-23/h4*4-12,14-19H,2-3,13,20H2,1H3. The summed E-state index contributed by atoms with van der Waals surface area (Å²) in [5.41, 5.74) is 0. The van der Waals surface area contributed by atoms with Gasteiger partial charge in [0.15, 0.2) is 0 Å². The number of hydrogen-bond donors (Lipinski definition) is 0. The number of benzene rings is 12. The normalized spacial score (nSPS) is 13.1. The molecule has 0 radical (unpaired) electrons. The van der Waals surface area contributed by atoms with Gasteiger partial charge in [0.2, 0.25) is 0 Å². The summed E-state index contributed by atoms with van der Waals surface area (Å²) in [4.78, 5) is 0. The third-order valence-corrected chi connectivity index (χ3v) is 67.2. The number of halogens is 4. The Labute approximate surface area is 654 Å². The van der Waals surface area contributed by atoms with Gasteiger partial charge in [-0.2, -0.15) is 0 Å². The molecule has 0 N–H and O–H groups in total. The second-order valence-electron chi connectivity index (χ2n) is 26.5. The molecule has 8 heteroatoms. The molecule has 0 saturated heterocycles. The minimum atomic E-state index is -2.50. The molecule has 0 saturated carbocycles. The van der Waals surface area contributed by atoms with Crippen molar-refractivity contribution in [3.63, 3.8) is 0 Å². The van der Waals surface area contributed by atoms with E-state index in [0.717, 1.165) is 0 Å². The molecule has 0 aliphatic carbocycles. The van der Waals surface area contributed by atoms with Crippen LogP contribution in [0.5, 0.6) is 0 Å². The van der Waals surface area contributed by atoms with Crippen LogP contribution in [0.2, 0.25) is 0 Å². The molecule has 520 valence electrons. The summed E-state index contributed by atoms with van der Waals surface area (Å²) in [6.45, 7) is 9.15. The Balaban J connectivity index is 0.000000156. The van der Waals surface area contributed by atoms with Crippen molar-refractivity contribution in [1.29, 1.82) is 0 Å². The van der Waals surface area contributed by atoms with Gasteiger partial charge in [-0.25, -0.2) is 0 Å². The maximum absolute atomic E-state index is 2.88. The van der Waals surface area contributed by atoms with Crippen LogP contribution in [0.3, 0.4) is 0 Å². The van der Waals surface area contributed by atoms with Crippen LogP contribution >= 0.6 is 105 Å². The van der Waals surface area contributed by atoms with E-state index in [1.807, 2.05) is 0 Å². The topological polar surface area (TPSA) is 0 Å². The molecule has 0 nitrogen and oxygen atoms in total. The van der Waals surface area contributed by atoms with Gasteiger partial charge in [0.25, 0.3) is 0 Å². The van der Waals surface area contributed by atoms with E-state index in [4.69, 9.17) is 0 Å². The van der Waals surface area contributed by atoms with Crippen LogP contribution in [0.25, 0.3) is 0 Å². The Morgan fingerprint density at radius 3 is 0.320 bits per heavy atom. The fourth-order valence-corrected chi connectivity index (χ4v) is 50.0. The van der Waals surface area contributed by atoms with E-state index in [-0.39, 0.29) is 0 Å². The van der Waals surface area contributed by atoms with Crippen molar-refractivity contribution in [2.24, 2.45) is 0 Å². The molecule has 0 bridgehead atoms. The van der Waals surface area contributed by atoms with Crippen molar-refractivity contribution >= 4 is 169 Å². The average Bonchev–Trinajstić information content (AvgIpc) is 0.736. The molecular weight excluding hydrogens is 1740 g/mol. The molecular formula is C92H104I4P4. The van der Waals surface area contributed by atoms with Crippen LogP contribution in [0, 0.1) is 0 Å². The first-order chi connectivity index (χ1) is 48.8. The van der Waals surface area contributed by atoms with Crippen LogP contribution in [0.1, 0.15) is 105 Å². The number of hydrogen-bond acceptors (Lipinski definition) is 0. The van der Waals surface area contributed by atoms with E-state index >= 15 is 0 Å². The Morgan fingerprint density at radius 1 is 0.150 bits per heavy atom. The predicted octanol–water partition coefficient (Wildman–Crippen LogP) is 24.2. The van der Waals surface area contributed by atoms with Gasteiger partial charge in [0.1, 0.15) is 0 Å². The van der Waals surface area contributed by atoms with Crippen molar-refractivity contribution in [2.75, 3.05) is 24.6 Å². The van der Waals surface area contributed by atoms with E-state index < -0.39 is 17.0 Å². The summed E-state index contributed by atoms with van der Waals surface area (Å²) < 4.78 is -10.0. The molecule has 0 fully saturated rings. The van der Waals surface area contributed by atoms with Gasteiger partial charge in [-0.1, -0.05) is 0 Å². The van der Waals surface area contributed by atoms with Gasteiger partial charge in [-0.05, 0) is 0 Å². The van der Waals surface area contributed by atoms with Gasteiger partial charge >= 0.3 is 662 Å². The zero-order valence-electron chi connectivity index (χ0n) is 59.3. The molecule has 0 heterocycles. The van der Waals surface area contributed by atoms with Crippen LogP contribution in [-0.4, -0.2) is 24.6 Å². The zero-order valence-corrected chi connectivity index (χ0v) is 71.5. The molecule has 0 aromatic heterocycles. The monoisotopic (exact) mass is 1840 g/mol. The van der Waals surface area contributed by atoms with Crippen LogP contribution in [0.15, 0.2) is 364 Å². The fourth-order valence-electron chi connectivity index (χ4n) is 14.8. The van der Waals surface area contributed by atoms with E-state index in [1.54, 1.807) is 0 Å². The molecule has 12 aromatic rings. The van der Waals surface area contributed by atoms with Crippen molar-refractivity contribution in [3.05, 3.63) is 364 Å². The van der Waals surface area contributed by atoms with Crippen LogP contribution < -0.4 is 63.7 Å². The Morgan fingerprint density at radius 2 is 0.240 bits per heavy atom. The quantitative estimate of drug-likeness (QED) is 0.0260. The van der Waals surface area contributed by atoms with Crippen LogP contribution in [-0.2, 0) is 0 Å². The third kappa shape index (κ3) is 17.1. The molecule has 0 spiro atoms. The average molecular weight is 1840 g/mol. The van der Waals surface area contributed by atoms with E-state index in [9.17, 15) is 0 Å². The van der Waals surface area contributed by atoms with Crippen molar-refractivity contribution in [3.8, 4) is 0 Å². The van der Waals surface area contributed by atoms with Crippen molar-refractivity contribution < 1.29 is 0 Å². The van der Waals surface area contributed by atoms with Gasteiger partial charge < -0.3 is 0 Å². The number of unbranched alkanes of at least 4 members (excludes halogenated alkanes) is 8. The molecule has 0 aliphatic heterocycles. The Kier molecular flexibility index (Phi) is 30.0. The first-order valence-corrected chi connectivity index (χ1v) is 57.2. The Hall–Kier alpha value is -4.72. The van der Waals surface area contributed by atoms with Gasteiger partial charge in [-0.3, -0.25) is 0 Å².